The number of benzodiazepines with no additional fused rings is 1. The summed E-state index contributed by atoms with van der Waals surface area (Å²) in [6.45, 7) is 0.254. The molecule has 0 saturated carbocycles. The van der Waals surface area contributed by atoms with E-state index in [1.165, 1.54) is 6.07 Å². The molecule has 3 aromatic rings. The third-order valence-corrected chi connectivity index (χ3v) is 4.41. The summed E-state index contributed by atoms with van der Waals surface area (Å²) in [4.78, 5) is 23.2. The molecule has 1 aliphatic rings. The molecule has 1 atom stereocenters. The normalized spacial score (nSPS) is 16.5. The SMILES string of the molecule is NC1N=C(c2ccccc2F)c2ccccc2N(Cc2ccccn2)C1=O. The first-order chi connectivity index (χ1) is 13.1. The second-order valence-electron chi connectivity index (χ2n) is 6.16. The Hall–Kier alpha value is -3.38. The number of aliphatic imine (C=N–C) groups is 1. The minimum Gasteiger partial charge on any atom is -0.303 e. The van der Waals surface area contributed by atoms with Crippen molar-refractivity contribution in [2.24, 2.45) is 10.7 Å². The van der Waals surface area contributed by atoms with E-state index in [0.29, 0.717) is 22.5 Å². The van der Waals surface area contributed by atoms with E-state index >= 15 is 0 Å². The first-order valence-electron chi connectivity index (χ1n) is 8.54. The maximum Gasteiger partial charge on any atom is 0.266 e. The van der Waals surface area contributed by atoms with Crippen LogP contribution in [0.5, 0.6) is 0 Å². The molecule has 0 aliphatic carbocycles. The molecular formula is C21H17FN4O. The van der Waals surface area contributed by atoms with Gasteiger partial charge in [-0.15, -0.1) is 0 Å². The average molecular weight is 360 g/mol. The van der Waals surface area contributed by atoms with Gasteiger partial charge >= 0.3 is 0 Å². The number of nitrogens with two attached hydrogens (primary N) is 1. The predicted octanol–water partition coefficient (Wildman–Crippen LogP) is 2.89. The highest BCUT2D eigenvalue weighted by atomic mass is 19.1. The summed E-state index contributed by atoms with van der Waals surface area (Å²) >= 11 is 0. The lowest BCUT2D eigenvalue weighted by molar-refractivity contribution is -0.119. The largest absolute Gasteiger partial charge is 0.303 e. The molecule has 2 aromatic carbocycles. The fraction of sp³-hybridized carbons (Fsp3) is 0.0952. The van der Waals surface area contributed by atoms with Crippen LogP contribution in [0.25, 0.3) is 0 Å². The first-order valence-corrected chi connectivity index (χ1v) is 8.54. The number of para-hydroxylation sites is 1. The Morgan fingerprint density at radius 1 is 0.963 bits per heavy atom. The predicted molar refractivity (Wildman–Crippen MR) is 102 cm³/mol. The Morgan fingerprint density at radius 3 is 2.41 bits per heavy atom. The van der Waals surface area contributed by atoms with Crippen LogP contribution < -0.4 is 10.6 Å². The minimum atomic E-state index is -1.13. The van der Waals surface area contributed by atoms with Gasteiger partial charge in [-0.1, -0.05) is 36.4 Å². The molecule has 4 rings (SSSR count). The van der Waals surface area contributed by atoms with E-state index in [-0.39, 0.29) is 12.5 Å². The lowest BCUT2D eigenvalue weighted by atomic mass is 9.99. The van der Waals surface area contributed by atoms with Gasteiger partial charge in [0.05, 0.1) is 23.6 Å². The van der Waals surface area contributed by atoms with Gasteiger partial charge in [0.1, 0.15) is 5.82 Å². The van der Waals surface area contributed by atoms with Crippen LogP contribution in [0.1, 0.15) is 16.8 Å². The summed E-state index contributed by atoms with van der Waals surface area (Å²) in [7, 11) is 0. The Labute approximate surface area is 156 Å². The van der Waals surface area contributed by atoms with Gasteiger partial charge in [-0.3, -0.25) is 14.8 Å². The van der Waals surface area contributed by atoms with E-state index in [1.54, 1.807) is 29.3 Å². The zero-order valence-electron chi connectivity index (χ0n) is 14.4. The molecule has 1 aliphatic heterocycles. The second-order valence-corrected chi connectivity index (χ2v) is 6.16. The molecule has 1 unspecified atom stereocenters. The van der Waals surface area contributed by atoms with Gasteiger partial charge < -0.3 is 10.6 Å². The Morgan fingerprint density at radius 2 is 1.67 bits per heavy atom. The van der Waals surface area contributed by atoms with E-state index in [2.05, 4.69) is 9.98 Å². The topological polar surface area (TPSA) is 71.6 Å². The van der Waals surface area contributed by atoms with E-state index < -0.39 is 12.0 Å². The van der Waals surface area contributed by atoms with Crippen LogP contribution in [0.3, 0.4) is 0 Å². The third kappa shape index (κ3) is 3.22. The fourth-order valence-electron chi connectivity index (χ4n) is 3.14. The number of aromatic nitrogens is 1. The fourth-order valence-corrected chi connectivity index (χ4v) is 3.14. The summed E-state index contributed by atoms with van der Waals surface area (Å²) in [5, 5.41) is 0. The van der Waals surface area contributed by atoms with Gasteiger partial charge in [-0.05, 0) is 30.3 Å². The van der Waals surface area contributed by atoms with Crippen LogP contribution in [0.4, 0.5) is 10.1 Å². The van der Waals surface area contributed by atoms with Crippen LogP contribution >= 0.6 is 0 Å². The van der Waals surface area contributed by atoms with Gasteiger partial charge in [0.2, 0.25) is 0 Å². The molecule has 134 valence electrons. The van der Waals surface area contributed by atoms with E-state index in [1.807, 2.05) is 42.5 Å². The van der Waals surface area contributed by atoms with Gasteiger partial charge in [0.25, 0.3) is 5.91 Å². The van der Waals surface area contributed by atoms with Crippen LogP contribution in [-0.2, 0) is 11.3 Å². The number of rotatable bonds is 3. The second kappa shape index (κ2) is 7.09. The van der Waals surface area contributed by atoms with Gasteiger partial charge in [0, 0.05) is 17.3 Å². The lowest BCUT2D eigenvalue weighted by Crippen LogP contribution is -2.42. The molecule has 0 saturated heterocycles. The van der Waals surface area contributed by atoms with Crippen molar-refractivity contribution >= 4 is 17.3 Å². The number of fused-ring (bicyclic) bond motifs is 1. The molecule has 0 radical (unpaired) electrons. The highest BCUT2D eigenvalue weighted by molar-refractivity contribution is 6.20. The summed E-state index contributed by atoms with van der Waals surface area (Å²) in [5.41, 5.74) is 8.74. The molecule has 5 nitrogen and oxygen atoms in total. The van der Waals surface area contributed by atoms with E-state index in [4.69, 9.17) is 5.73 Å². The standard InChI is InChI=1S/C21H17FN4O/c22-17-10-3-1-8-15(17)19-16-9-2-4-11-18(16)26(21(27)20(23)25-19)13-14-7-5-6-12-24-14/h1-12,20H,13,23H2. The zero-order chi connectivity index (χ0) is 18.8. The molecule has 2 heterocycles. The number of carbonyl (C=O) groups excluding carboxylic acids is 1. The molecular weight excluding hydrogens is 343 g/mol. The van der Waals surface area contributed by atoms with Crippen molar-refractivity contribution in [3.8, 4) is 0 Å². The Kier molecular flexibility index (Phi) is 4.48. The van der Waals surface area contributed by atoms with Crippen molar-refractivity contribution in [2.45, 2.75) is 12.7 Å². The lowest BCUT2D eigenvalue weighted by Gasteiger charge is -2.24. The molecule has 6 heteroatoms. The van der Waals surface area contributed by atoms with Crippen molar-refractivity contribution in [3.63, 3.8) is 0 Å². The maximum absolute atomic E-state index is 14.4. The van der Waals surface area contributed by atoms with E-state index in [9.17, 15) is 9.18 Å². The van der Waals surface area contributed by atoms with Crippen LogP contribution in [-0.4, -0.2) is 22.8 Å². The van der Waals surface area contributed by atoms with Crippen LogP contribution in [0.15, 0.2) is 77.9 Å². The van der Waals surface area contributed by atoms with Gasteiger partial charge in [0.15, 0.2) is 6.17 Å². The van der Waals surface area contributed by atoms with Crippen molar-refractivity contribution in [2.75, 3.05) is 4.90 Å². The molecule has 0 spiro atoms. The molecule has 1 aromatic heterocycles. The molecule has 27 heavy (non-hydrogen) atoms. The highest BCUT2D eigenvalue weighted by Gasteiger charge is 2.30. The van der Waals surface area contributed by atoms with Crippen molar-refractivity contribution < 1.29 is 9.18 Å². The quantitative estimate of drug-likeness (QED) is 0.781. The molecule has 2 N–H and O–H groups in total. The van der Waals surface area contributed by atoms with Crippen molar-refractivity contribution in [3.05, 3.63) is 95.6 Å². The smallest absolute Gasteiger partial charge is 0.266 e. The number of hydrogen-bond donors (Lipinski definition) is 1. The molecule has 0 fully saturated rings. The number of nitrogens with zero attached hydrogens (tertiary/aromatic N) is 3. The summed E-state index contributed by atoms with van der Waals surface area (Å²) in [6, 6.07) is 19.1. The Balaban J connectivity index is 1.86. The first kappa shape index (κ1) is 17.1. The number of carbonyl (C=O) groups is 1. The minimum absolute atomic E-state index is 0.254. The average Bonchev–Trinajstić information content (AvgIpc) is 2.80. The summed E-state index contributed by atoms with van der Waals surface area (Å²) < 4.78 is 14.4. The third-order valence-electron chi connectivity index (χ3n) is 4.41. The van der Waals surface area contributed by atoms with Crippen LogP contribution in [0.2, 0.25) is 0 Å². The van der Waals surface area contributed by atoms with E-state index in [0.717, 1.165) is 5.69 Å². The molecule has 1 amide bonds. The van der Waals surface area contributed by atoms with Gasteiger partial charge in [-0.2, -0.15) is 0 Å². The summed E-state index contributed by atoms with van der Waals surface area (Å²) in [5.74, 6) is -0.775. The van der Waals surface area contributed by atoms with Crippen LogP contribution in [0, 0.1) is 5.82 Å². The monoisotopic (exact) mass is 360 g/mol. The maximum atomic E-state index is 14.4. The highest BCUT2D eigenvalue weighted by Crippen LogP contribution is 2.29. The van der Waals surface area contributed by atoms with Gasteiger partial charge in [-0.25, -0.2) is 4.39 Å². The summed E-state index contributed by atoms with van der Waals surface area (Å²) in [6.07, 6.45) is 0.542. The van der Waals surface area contributed by atoms with Crippen molar-refractivity contribution in [1.29, 1.82) is 0 Å². The van der Waals surface area contributed by atoms with Crippen molar-refractivity contribution in [1.82, 2.24) is 4.98 Å². The number of halogens is 1. The number of pyridine rings is 1. The number of anilines is 1. The number of hydrogen-bond acceptors (Lipinski definition) is 4. The number of amides is 1. The molecule has 0 bridgehead atoms. The number of benzene rings is 2. The Bertz CT molecular complexity index is 1020. The zero-order valence-corrected chi connectivity index (χ0v) is 14.4.